The van der Waals surface area contributed by atoms with Crippen LogP contribution in [0, 0.1) is 0 Å². The summed E-state index contributed by atoms with van der Waals surface area (Å²) in [5.41, 5.74) is 2.77. The minimum Gasteiger partial charge on any atom is -0.353 e. The predicted molar refractivity (Wildman–Crippen MR) is 125 cm³/mol. The summed E-state index contributed by atoms with van der Waals surface area (Å²) in [5.74, 6) is 0.428. The molecule has 0 bridgehead atoms. The van der Waals surface area contributed by atoms with E-state index >= 15 is 0 Å². The van der Waals surface area contributed by atoms with Crippen molar-refractivity contribution in [2.24, 2.45) is 0 Å². The molecule has 0 amide bonds. The number of alkyl halides is 3. The van der Waals surface area contributed by atoms with E-state index in [4.69, 9.17) is 11.6 Å². The lowest BCUT2D eigenvalue weighted by Crippen LogP contribution is -2.09. The van der Waals surface area contributed by atoms with Crippen LogP contribution in [0.15, 0.2) is 85.1 Å². The number of nitrogens with zero attached hydrogens (tertiary/aromatic N) is 2. The van der Waals surface area contributed by atoms with Crippen LogP contribution >= 0.6 is 11.6 Å². The third-order valence-corrected chi connectivity index (χ3v) is 5.17. The average molecular weight is 469 g/mol. The van der Waals surface area contributed by atoms with Gasteiger partial charge in [0.2, 0.25) is 5.95 Å². The van der Waals surface area contributed by atoms with E-state index in [1.54, 1.807) is 24.4 Å². The van der Waals surface area contributed by atoms with Crippen LogP contribution in [0.3, 0.4) is 0 Å². The van der Waals surface area contributed by atoms with Gasteiger partial charge in [0.15, 0.2) is 0 Å². The third-order valence-electron chi connectivity index (χ3n) is 4.91. The van der Waals surface area contributed by atoms with Crippen molar-refractivity contribution < 1.29 is 13.2 Å². The van der Waals surface area contributed by atoms with Crippen LogP contribution in [-0.2, 0) is 19.1 Å². The number of hydrogen-bond donors (Lipinski definition) is 2. The van der Waals surface area contributed by atoms with Gasteiger partial charge >= 0.3 is 6.18 Å². The highest BCUT2D eigenvalue weighted by atomic mass is 35.5. The van der Waals surface area contributed by atoms with Crippen molar-refractivity contribution in [2.75, 3.05) is 10.6 Å². The molecule has 8 heteroatoms. The van der Waals surface area contributed by atoms with Crippen LogP contribution in [0.4, 0.5) is 30.5 Å². The lowest BCUT2D eigenvalue weighted by atomic mass is 10.1. The number of anilines is 3. The summed E-state index contributed by atoms with van der Waals surface area (Å²) in [5, 5.41) is 6.85. The van der Waals surface area contributed by atoms with Gasteiger partial charge in [-0.25, -0.2) is 9.97 Å². The molecule has 1 aromatic heterocycles. The van der Waals surface area contributed by atoms with Crippen molar-refractivity contribution in [1.29, 1.82) is 0 Å². The topological polar surface area (TPSA) is 49.8 Å². The molecule has 0 unspecified atom stereocenters. The van der Waals surface area contributed by atoms with Gasteiger partial charge in [0, 0.05) is 23.7 Å². The minimum atomic E-state index is -4.43. The maximum Gasteiger partial charge on any atom is 0.416 e. The molecular formula is C25H20ClF3N4. The average Bonchev–Trinajstić information content (AvgIpc) is 2.81. The molecule has 0 aliphatic carbocycles. The predicted octanol–water partition coefficient (Wildman–Crippen LogP) is 7.10. The normalized spacial score (nSPS) is 11.3. The molecule has 3 aromatic carbocycles. The van der Waals surface area contributed by atoms with E-state index in [0.29, 0.717) is 41.0 Å². The lowest BCUT2D eigenvalue weighted by Gasteiger charge is -2.15. The zero-order valence-electron chi connectivity index (χ0n) is 17.4. The minimum absolute atomic E-state index is 0.302. The molecule has 168 valence electrons. The highest BCUT2D eigenvalue weighted by Gasteiger charge is 2.30. The van der Waals surface area contributed by atoms with Crippen LogP contribution in [0.25, 0.3) is 0 Å². The number of aromatic nitrogens is 2. The molecule has 2 N–H and O–H groups in total. The Morgan fingerprint density at radius 2 is 1.61 bits per heavy atom. The maximum absolute atomic E-state index is 13.1. The Bertz CT molecular complexity index is 1210. The van der Waals surface area contributed by atoms with E-state index in [-0.39, 0.29) is 0 Å². The van der Waals surface area contributed by atoms with Gasteiger partial charge < -0.3 is 10.6 Å². The Hall–Kier alpha value is -3.58. The fourth-order valence-electron chi connectivity index (χ4n) is 3.24. The molecule has 0 spiro atoms. The van der Waals surface area contributed by atoms with Crippen LogP contribution < -0.4 is 10.6 Å². The molecule has 0 aliphatic rings. The van der Waals surface area contributed by atoms with Crippen LogP contribution in [-0.4, -0.2) is 9.97 Å². The quantitative estimate of drug-likeness (QED) is 0.304. The summed E-state index contributed by atoms with van der Waals surface area (Å²) >= 11 is 5.99. The van der Waals surface area contributed by atoms with Crippen molar-refractivity contribution in [2.45, 2.75) is 19.1 Å². The van der Waals surface area contributed by atoms with Gasteiger partial charge in [-0.1, -0.05) is 60.1 Å². The molecule has 4 nitrogen and oxygen atoms in total. The molecular weight excluding hydrogens is 449 g/mol. The summed E-state index contributed by atoms with van der Waals surface area (Å²) in [6.45, 7) is 0.543. The molecule has 33 heavy (non-hydrogen) atoms. The Balaban J connectivity index is 1.61. The summed E-state index contributed by atoms with van der Waals surface area (Å²) in [7, 11) is 0. The van der Waals surface area contributed by atoms with Gasteiger partial charge in [-0.3, -0.25) is 0 Å². The molecule has 4 rings (SSSR count). The molecule has 0 fully saturated rings. The molecule has 0 aliphatic heterocycles. The molecule has 4 aromatic rings. The van der Waals surface area contributed by atoms with Crippen molar-refractivity contribution >= 4 is 28.9 Å². The standard InChI is InChI=1S/C25H20ClF3N4/c26-20-11-9-17(10-12-20)13-22-23(32-21-8-4-7-19(14-21)25(27,28)29)16-31-24(33-22)30-15-18-5-2-1-3-6-18/h1-12,14,16,32H,13,15H2,(H,30,31,33). The first-order chi connectivity index (χ1) is 15.9. The Morgan fingerprint density at radius 3 is 2.33 bits per heavy atom. The van der Waals surface area contributed by atoms with Crippen LogP contribution in [0.5, 0.6) is 0 Å². The van der Waals surface area contributed by atoms with Gasteiger partial charge in [0.1, 0.15) is 0 Å². The largest absolute Gasteiger partial charge is 0.416 e. The summed E-state index contributed by atoms with van der Waals surface area (Å²) in [6.07, 6.45) is -2.40. The highest BCUT2D eigenvalue weighted by Crippen LogP contribution is 2.32. The first-order valence-corrected chi connectivity index (χ1v) is 10.6. The van der Waals surface area contributed by atoms with Gasteiger partial charge in [-0.15, -0.1) is 0 Å². The van der Waals surface area contributed by atoms with E-state index in [1.807, 2.05) is 42.5 Å². The maximum atomic E-state index is 13.1. The third kappa shape index (κ3) is 6.23. The van der Waals surface area contributed by atoms with Gasteiger partial charge in [-0.05, 0) is 41.5 Å². The summed E-state index contributed by atoms with van der Waals surface area (Å²) < 4.78 is 39.3. The first-order valence-electron chi connectivity index (χ1n) is 10.2. The van der Waals surface area contributed by atoms with E-state index < -0.39 is 11.7 Å². The molecule has 0 radical (unpaired) electrons. The smallest absolute Gasteiger partial charge is 0.353 e. The first kappa shape index (κ1) is 22.6. The fraction of sp³-hybridized carbons (Fsp3) is 0.120. The Morgan fingerprint density at radius 1 is 0.848 bits per heavy atom. The van der Waals surface area contributed by atoms with Gasteiger partial charge in [0.05, 0.1) is 23.1 Å². The number of benzene rings is 3. The molecule has 1 heterocycles. The lowest BCUT2D eigenvalue weighted by molar-refractivity contribution is -0.137. The second-order valence-electron chi connectivity index (χ2n) is 7.40. The summed E-state index contributed by atoms with van der Waals surface area (Å²) in [6, 6.07) is 22.2. The van der Waals surface area contributed by atoms with E-state index in [2.05, 4.69) is 20.6 Å². The van der Waals surface area contributed by atoms with Gasteiger partial charge in [-0.2, -0.15) is 13.2 Å². The Kier molecular flexibility index (Phi) is 6.79. The molecule has 0 saturated carbocycles. The summed E-state index contributed by atoms with van der Waals surface area (Å²) in [4.78, 5) is 8.98. The van der Waals surface area contributed by atoms with Crippen molar-refractivity contribution in [3.63, 3.8) is 0 Å². The van der Waals surface area contributed by atoms with Crippen molar-refractivity contribution in [3.8, 4) is 0 Å². The van der Waals surface area contributed by atoms with Gasteiger partial charge in [0.25, 0.3) is 0 Å². The monoisotopic (exact) mass is 468 g/mol. The van der Waals surface area contributed by atoms with Crippen molar-refractivity contribution in [3.05, 3.63) is 112 Å². The number of halogens is 4. The van der Waals surface area contributed by atoms with Crippen molar-refractivity contribution in [1.82, 2.24) is 9.97 Å². The zero-order chi connectivity index (χ0) is 23.3. The SMILES string of the molecule is FC(F)(F)c1cccc(Nc2cnc(NCc3ccccc3)nc2Cc2ccc(Cl)cc2)c1. The number of nitrogens with one attached hydrogen (secondary N) is 2. The van der Waals surface area contributed by atoms with E-state index in [1.165, 1.54) is 6.07 Å². The zero-order valence-corrected chi connectivity index (χ0v) is 18.2. The molecule has 0 saturated heterocycles. The second kappa shape index (κ2) is 9.92. The number of hydrogen-bond acceptors (Lipinski definition) is 4. The van der Waals surface area contributed by atoms with Crippen LogP contribution in [0.1, 0.15) is 22.4 Å². The second-order valence-corrected chi connectivity index (χ2v) is 7.84. The number of rotatable bonds is 7. The van der Waals surface area contributed by atoms with Crippen LogP contribution in [0.2, 0.25) is 5.02 Å². The fourth-order valence-corrected chi connectivity index (χ4v) is 3.37. The highest BCUT2D eigenvalue weighted by molar-refractivity contribution is 6.30. The Labute approximate surface area is 194 Å². The molecule has 0 atom stereocenters. The van der Waals surface area contributed by atoms with E-state index in [9.17, 15) is 13.2 Å². The van der Waals surface area contributed by atoms with E-state index in [0.717, 1.165) is 23.3 Å².